The normalized spacial score (nSPS) is 16.0. The maximum absolute atomic E-state index is 13.0. The summed E-state index contributed by atoms with van der Waals surface area (Å²) in [5.41, 5.74) is 8.04. The van der Waals surface area contributed by atoms with Gasteiger partial charge in [-0.3, -0.25) is 9.69 Å². The van der Waals surface area contributed by atoms with Crippen molar-refractivity contribution in [1.82, 2.24) is 4.90 Å². The number of nitrogens with two attached hydrogens (primary N) is 1. The number of likely N-dealkylation sites (tertiary alicyclic amines) is 1. The molecular formula is C20H25N3O. The zero-order chi connectivity index (χ0) is 16.8. The Bertz CT molecular complexity index is 636. The summed E-state index contributed by atoms with van der Waals surface area (Å²) in [4.78, 5) is 17.0. The van der Waals surface area contributed by atoms with E-state index >= 15 is 0 Å². The topological polar surface area (TPSA) is 49.6 Å². The van der Waals surface area contributed by atoms with Crippen LogP contribution < -0.4 is 10.6 Å². The van der Waals surface area contributed by atoms with Gasteiger partial charge in [-0.1, -0.05) is 48.5 Å². The Hall–Kier alpha value is -2.17. The van der Waals surface area contributed by atoms with Crippen LogP contribution in [0.2, 0.25) is 0 Å². The quantitative estimate of drug-likeness (QED) is 0.920. The van der Waals surface area contributed by atoms with E-state index < -0.39 is 0 Å². The molecule has 0 atom stereocenters. The van der Waals surface area contributed by atoms with Gasteiger partial charge in [0, 0.05) is 24.8 Å². The van der Waals surface area contributed by atoms with E-state index in [0.717, 1.165) is 37.2 Å². The molecule has 1 aliphatic rings. The van der Waals surface area contributed by atoms with E-state index in [9.17, 15) is 4.79 Å². The van der Waals surface area contributed by atoms with E-state index in [1.807, 2.05) is 53.4 Å². The van der Waals surface area contributed by atoms with Crippen LogP contribution in [0.4, 0.5) is 5.69 Å². The molecule has 3 rings (SSSR count). The number of carbonyl (C=O) groups is 1. The van der Waals surface area contributed by atoms with Crippen LogP contribution >= 0.6 is 0 Å². The highest BCUT2D eigenvalue weighted by molar-refractivity contribution is 5.94. The van der Waals surface area contributed by atoms with E-state index in [-0.39, 0.29) is 11.9 Å². The molecule has 0 aromatic heterocycles. The van der Waals surface area contributed by atoms with Crippen molar-refractivity contribution in [1.29, 1.82) is 0 Å². The van der Waals surface area contributed by atoms with Gasteiger partial charge in [-0.25, -0.2) is 0 Å². The molecule has 0 bridgehead atoms. The van der Waals surface area contributed by atoms with Crippen molar-refractivity contribution in [2.45, 2.75) is 25.4 Å². The summed E-state index contributed by atoms with van der Waals surface area (Å²) in [5.74, 6) is 0.139. The van der Waals surface area contributed by atoms with E-state index in [2.05, 4.69) is 17.0 Å². The van der Waals surface area contributed by atoms with Gasteiger partial charge in [0.25, 0.3) is 0 Å². The molecule has 1 saturated heterocycles. The van der Waals surface area contributed by atoms with Crippen LogP contribution in [-0.4, -0.2) is 36.5 Å². The number of benzene rings is 2. The minimum absolute atomic E-state index is 0.139. The van der Waals surface area contributed by atoms with Gasteiger partial charge in [0.15, 0.2) is 0 Å². The molecule has 4 heteroatoms. The Labute approximate surface area is 143 Å². The van der Waals surface area contributed by atoms with Gasteiger partial charge in [-0.15, -0.1) is 0 Å². The van der Waals surface area contributed by atoms with Crippen molar-refractivity contribution < 1.29 is 4.79 Å². The molecule has 4 nitrogen and oxygen atoms in total. The van der Waals surface area contributed by atoms with Gasteiger partial charge in [-0.2, -0.15) is 0 Å². The third kappa shape index (κ3) is 4.43. The number of piperidine rings is 1. The molecule has 1 aliphatic heterocycles. The highest BCUT2D eigenvalue weighted by Gasteiger charge is 2.22. The summed E-state index contributed by atoms with van der Waals surface area (Å²) in [6.45, 7) is 2.85. The third-order valence-electron chi connectivity index (χ3n) is 4.54. The van der Waals surface area contributed by atoms with Gasteiger partial charge in [0.1, 0.15) is 0 Å². The average Bonchev–Trinajstić information content (AvgIpc) is 2.63. The molecule has 0 unspecified atom stereocenters. The van der Waals surface area contributed by atoms with Gasteiger partial charge in [-0.05, 0) is 30.5 Å². The number of para-hydroxylation sites is 1. The number of carbonyl (C=O) groups excluding carboxylic acids is 1. The molecule has 2 aromatic rings. The Morgan fingerprint density at radius 3 is 2.21 bits per heavy atom. The first-order valence-corrected chi connectivity index (χ1v) is 8.59. The predicted molar refractivity (Wildman–Crippen MR) is 97.7 cm³/mol. The zero-order valence-corrected chi connectivity index (χ0v) is 14.0. The standard InChI is InChI=1S/C20H25N3O/c21-18-11-13-22(14-12-18)16-20(24)23(19-9-5-2-6-10-19)15-17-7-3-1-4-8-17/h1-10,18H,11-16,21H2. The summed E-state index contributed by atoms with van der Waals surface area (Å²) in [6, 6.07) is 20.3. The molecule has 2 N–H and O–H groups in total. The van der Waals surface area contributed by atoms with Crippen LogP contribution in [0.3, 0.4) is 0 Å². The SMILES string of the molecule is NC1CCN(CC(=O)N(Cc2ccccc2)c2ccccc2)CC1. The van der Waals surface area contributed by atoms with E-state index in [0.29, 0.717) is 13.1 Å². The minimum atomic E-state index is 0.139. The highest BCUT2D eigenvalue weighted by atomic mass is 16.2. The molecule has 0 radical (unpaired) electrons. The van der Waals surface area contributed by atoms with Crippen molar-refractivity contribution in [2.24, 2.45) is 5.73 Å². The lowest BCUT2D eigenvalue weighted by atomic mass is 10.1. The monoisotopic (exact) mass is 323 g/mol. The van der Waals surface area contributed by atoms with Crippen LogP contribution in [0.1, 0.15) is 18.4 Å². The maximum atomic E-state index is 13.0. The predicted octanol–water partition coefficient (Wildman–Crippen LogP) is 2.64. The second kappa shape index (κ2) is 8.08. The highest BCUT2D eigenvalue weighted by Crippen LogP contribution is 2.18. The van der Waals surface area contributed by atoms with E-state index in [1.54, 1.807) is 0 Å². The fraction of sp³-hybridized carbons (Fsp3) is 0.350. The molecule has 24 heavy (non-hydrogen) atoms. The summed E-state index contributed by atoms with van der Waals surface area (Å²) in [6.07, 6.45) is 1.94. The maximum Gasteiger partial charge on any atom is 0.241 e. The van der Waals surface area contributed by atoms with Gasteiger partial charge >= 0.3 is 0 Å². The lowest BCUT2D eigenvalue weighted by molar-refractivity contribution is -0.120. The lowest BCUT2D eigenvalue weighted by Crippen LogP contribution is -2.45. The summed E-state index contributed by atoms with van der Waals surface area (Å²) in [5, 5.41) is 0. The number of amides is 1. The average molecular weight is 323 g/mol. The van der Waals surface area contributed by atoms with Crippen LogP contribution in [0.5, 0.6) is 0 Å². The summed E-state index contributed by atoms with van der Waals surface area (Å²) < 4.78 is 0. The summed E-state index contributed by atoms with van der Waals surface area (Å²) >= 11 is 0. The smallest absolute Gasteiger partial charge is 0.241 e. The molecule has 0 aliphatic carbocycles. The van der Waals surface area contributed by atoms with Crippen LogP contribution in [0.25, 0.3) is 0 Å². The fourth-order valence-corrected chi connectivity index (χ4v) is 3.09. The van der Waals surface area contributed by atoms with Crippen molar-refractivity contribution in [3.63, 3.8) is 0 Å². The second-order valence-corrected chi connectivity index (χ2v) is 6.41. The molecule has 0 saturated carbocycles. The van der Waals surface area contributed by atoms with Crippen molar-refractivity contribution in [3.8, 4) is 0 Å². The van der Waals surface area contributed by atoms with Crippen LogP contribution in [-0.2, 0) is 11.3 Å². The molecule has 2 aromatic carbocycles. The second-order valence-electron chi connectivity index (χ2n) is 6.41. The number of rotatable bonds is 5. The number of nitrogens with zero attached hydrogens (tertiary/aromatic N) is 2. The molecule has 1 fully saturated rings. The first-order chi connectivity index (χ1) is 11.7. The first-order valence-electron chi connectivity index (χ1n) is 8.59. The van der Waals surface area contributed by atoms with Gasteiger partial charge in [0.05, 0.1) is 13.1 Å². The zero-order valence-electron chi connectivity index (χ0n) is 14.0. The van der Waals surface area contributed by atoms with Crippen molar-refractivity contribution in [3.05, 3.63) is 66.2 Å². The Balaban J connectivity index is 1.73. The van der Waals surface area contributed by atoms with Crippen LogP contribution in [0, 0.1) is 0 Å². The fourth-order valence-electron chi connectivity index (χ4n) is 3.09. The Morgan fingerprint density at radius 1 is 1.00 bits per heavy atom. The largest absolute Gasteiger partial charge is 0.328 e. The van der Waals surface area contributed by atoms with Crippen molar-refractivity contribution >= 4 is 11.6 Å². The van der Waals surface area contributed by atoms with E-state index in [4.69, 9.17) is 5.73 Å². The Morgan fingerprint density at radius 2 is 1.58 bits per heavy atom. The molecular weight excluding hydrogens is 298 g/mol. The van der Waals surface area contributed by atoms with Crippen molar-refractivity contribution in [2.75, 3.05) is 24.5 Å². The van der Waals surface area contributed by atoms with Crippen LogP contribution in [0.15, 0.2) is 60.7 Å². The van der Waals surface area contributed by atoms with E-state index in [1.165, 1.54) is 0 Å². The number of hydrogen-bond acceptors (Lipinski definition) is 3. The molecule has 0 spiro atoms. The van der Waals surface area contributed by atoms with Gasteiger partial charge < -0.3 is 10.6 Å². The number of anilines is 1. The lowest BCUT2D eigenvalue weighted by Gasteiger charge is -2.32. The number of hydrogen-bond donors (Lipinski definition) is 1. The first kappa shape index (κ1) is 16.7. The minimum Gasteiger partial charge on any atom is -0.328 e. The molecule has 1 heterocycles. The molecule has 1 amide bonds. The Kier molecular flexibility index (Phi) is 5.62. The summed E-state index contributed by atoms with van der Waals surface area (Å²) in [7, 11) is 0. The van der Waals surface area contributed by atoms with Gasteiger partial charge in [0.2, 0.25) is 5.91 Å². The molecule has 126 valence electrons. The third-order valence-corrected chi connectivity index (χ3v) is 4.54.